The van der Waals surface area contributed by atoms with Gasteiger partial charge < -0.3 is 10.4 Å². The molecule has 0 aromatic heterocycles. The summed E-state index contributed by atoms with van der Waals surface area (Å²) in [5, 5.41) is 13.4. The van der Waals surface area contributed by atoms with Gasteiger partial charge in [0.05, 0.1) is 6.10 Å². The summed E-state index contributed by atoms with van der Waals surface area (Å²) in [4.78, 5) is 0. The fraction of sp³-hybridized carbons (Fsp3) is 0.625. The minimum atomic E-state index is -0.152. The van der Waals surface area contributed by atoms with Gasteiger partial charge in [-0.25, -0.2) is 0 Å². The van der Waals surface area contributed by atoms with E-state index in [1.807, 2.05) is 0 Å². The lowest BCUT2D eigenvalue weighted by Crippen LogP contribution is -2.61. The third-order valence-corrected chi connectivity index (χ3v) is 4.49. The normalized spacial score (nSPS) is 27.6. The van der Waals surface area contributed by atoms with Crippen molar-refractivity contribution in [3.63, 3.8) is 0 Å². The molecule has 2 nitrogen and oxygen atoms in total. The van der Waals surface area contributed by atoms with Crippen LogP contribution in [0.3, 0.4) is 0 Å². The number of aliphatic hydroxyl groups excluding tert-OH is 1. The molecule has 3 atom stereocenters. The number of benzene rings is 1. The van der Waals surface area contributed by atoms with Gasteiger partial charge in [0.1, 0.15) is 0 Å². The Balaban J connectivity index is 1.90. The second kappa shape index (κ2) is 5.02. The van der Waals surface area contributed by atoms with E-state index in [9.17, 15) is 5.11 Å². The summed E-state index contributed by atoms with van der Waals surface area (Å²) in [7, 11) is 0. The molecule has 0 heterocycles. The highest BCUT2D eigenvalue weighted by Gasteiger charge is 2.47. The first-order chi connectivity index (χ1) is 8.41. The molecule has 0 bridgehead atoms. The SMILES string of the molecule is Cc1ccccc1CC(C)NC1CC(O)C1(C)C. The fourth-order valence-electron chi connectivity index (χ4n) is 2.76. The van der Waals surface area contributed by atoms with E-state index < -0.39 is 0 Å². The van der Waals surface area contributed by atoms with E-state index in [0.717, 1.165) is 12.8 Å². The van der Waals surface area contributed by atoms with Gasteiger partial charge in [0.2, 0.25) is 0 Å². The second-order valence-electron chi connectivity index (χ2n) is 6.32. The van der Waals surface area contributed by atoms with Crippen molar-refractivity contribution in [1.29, 1.82) is 0 Å². The lowest BCUT2D eigenvalue weighted by Gasteiger charge is -2.50. The van der Waals surface area contributed by atoms with Gasteiger partial charge in [-0.3, -0.25) is 0 Å². The molecule has 1 aliphatic carbocycles. The number of rotatable bonds is 4. The average molecular weight is 247 g/mol. The van der Waals surface area contributed by atoms with Crippen LogP contribution in [0.2, 0.25) is 0 Å². The fourth-order valence-corrected chi connectivity index (χ4v) is 2.76. The maximum Gasteiger partial charge on any atom is 0.0621 e. The number of hydrogen-bond acceptors (Lipinski definition) is 2. The van der Waals surface area contributed by atoms with Gasteiger partial charge in [-0.15, -0.1) is 0 Å². The van der Waals surface area contributed by atoms with Crippen molar-refractivity contribution in [1.82, 2.24) is 5.32 Å². The van der Waals surface area contributed by atoms with Crippen LogP contribution in [0.1, 0.15) is 38.3 Å². The molecule has 0 aliphatic heterocycles. The first-order valence-electron chi connectivity index (χ1n) is 6.90. The van der Waals surface area contributed by atoms with E-state index in [0.29, 0.717) is 12.1 Å². The Hall–Kier alpha value is -0.860. The Kier molecular flexibility index (Phi) is 3.79. The van der Waals surface area contributed by atoms with Gasteiger partial charge in [-0.1, -0.05) is 38.1 Å². The van der Waals surface area contributed by atoms with Crippen LogP contribution in [-0.2, 0) is 6.42 Å². The summed E-state index contributed by atoms with van der Waals surface area (Å²) in [6, 6.07) is 9.44. The summed E-state index contributed by atoms with van der Waals surface area (Å²) in [5.41, 5.74) is 2.79. The van der Waals surface area contributed by atoms with Crippen LogP contribution < -0.4 is 5.32 Å². The highest BCUT2D eigenvalue weighted by Crippen LogP contribution is 2.40. The zero-order chi connectivity index (χ0) is 13.3. The van der Waals surface area contributed by atoms with Crippen molar-refractivity contribution in [3.05, 3.63) is 35.4 Å². The van der Waals surface area contributed by atoms with Crippen LogP contribution >= 0.6 is 0 Å². The molecule has 1 fully saturated rings. The van der Waals surface area contributed by atoms with Crippen molar-refractivity contribution in [2.24, 2.45) is 5.41 Å². The van der Waals surface area contributed by atoms with Gasteiger partial charge in [0.25, 0.3) is 0 Å². The molecular formula is C16H25NO. The highest BCUT2D eigenvalue weighted by molar-refractivity contribution is 5.26. The summed E-state index contributed by atoms with van der Waals surface area (Å²) in [6.07, 6.45) is 1.78. The number of nitrogens with one attached hydrogen (secondary N) is 1. The lowest BCUT2D eigenvalue weighted by molar-refractivity contribution is -0.0752. The zero-order valence-corrected chi connectivity index (χ0v) is 11.9. The third-order valence-electron chi connectivity index (χ3n) is 4.49. The summed E-state index contributed by atoms with van der Waals surface area (Å²) < 4.78 is 0. The van der Waals surface area contributed by atoms with E-state index >= 15 is 0 Å². The first-order valence-corrected chi connectivity index (χ1v) is 6.90. The molecule has 1 aromatic rings. The Labute approximate surface area is 110 Å². The molecule has 0 spiro atoms. The van der Waals surface area contributed by atoms with Gasteiger partial charge >= 0.3 is 0 Å². The standard InChI is InChI=1S/C16H25NO/c1-11-7-5-6-8-13(11)9-12(2)17-14-10-15(18)16(14,3)4/h5-8,12,14-15,17-18H,9-10H2,1-4H3. The van der Waals surface area contributed by atoms with Crippen LogP contribution in [0, 0.1) is 12.3 Å². The van der Waals surface area contributed by atoms with Crippen molar-refractivity contribution < 1.29 is 5.11 Å². The molecule has 0 amide bonds. The topological polar surface area (TPSA) is 32.3 Å². The third kappa shape index (κ3) is 2.60. The van der Waals surface area contributed by atoms with E-state index in [2.05, 4.69) is 57.3 Å². The molecule has 1 aromatic carbocycles. The van der Waals surface area contributed by atoms with Crippen LogP contribution in [0.25, 0.3) is 0 Å². The Morgan fingerprint density at radius 3 is 2.61 bits per heavy atom. The summed E-state index contributed by atoms with van der Waals surface area (Å²) in [5.74, 6) is 0. The Morgan fingerprint density at radius 1 is 1.39 bits per heavy atom. The molecule has 2 rings (SSSR count). The maximum atomic E-state index is 9.75. The Morgan fingerprint density at radius 2 is 2.06 bits per heavy atom. The molecule has 1 saturated carbocycles. The highest BCUT2D eigenvalue weighted by atomic mass is 16.3. The van der Waals surface area contributed by atoms with E-state index in [1.165, 1.54) is 11.1 Å². The monoisotopic (exact) mass is 247 g/mol. The zero-order valence-electron chi connectivity index (χ0n) is 11.9. The molecule has 1 aliphatic rings. The second-order valence-corrected chi connectivity index (χ2v) is 6.32. The number of aliphatic hydroxyl groups is 1. The van der Waals surface area contributed by atoms with E-state index in [-0.39, 0.29) is 11.5 Å². The van der Waals surface area contributed by atoms with Gasteiger partial charge in [-0.2, -0.15) is 0 Å². The lowest BCUT2D eigenvalue weighted by atomic mass is 9.64. The minimum Gasteiger partial charge on any atom is -0.392 e. The molecule has 3 unspecified atom stereocenters. The maximum absolute atomic E-state index is 9.75. The molecule has 2 N–H and O–H groups in total. The van der Waals surface area contributed by atoms with Crippen LogP contribution in [0.5, 0.6) is 0 Å². The van der Waals surface area contributed by atoms with E-state index in [4.69, 9.17) is 0 Å². The average Bonchev–Trinajstić information content (AvgIpc) is 2.32. The van der Waals surface area contributed by atoms with Crippen LogP contribution in [0.4, 0.5) is 0 Å². The van der Waals surface area contributed by atoms with Crippen molar-refractivity contribution in [2.75, 3.05) is 0 Å². The quantitative estimate of drug-likeness (QED) is 0.857. The van der Waals surface area contributed by atoms with Gasteiger partial charge in [-0.05, 0) is 37.8 Å². The first kappa shape index (κ1) is 13.6. The molecular weight excluding hydrogens is 222 g/mol. The molecule has 18 heavy (non-hydrogen) atoms. The molecule has 0 saturated heterocycles. The summed E-state index contributed by atoms with van der Waals surface area (Å²) in [6.45, 7) is 8.67. The van der Waals surface area contributed by atoms with Crippen molar-refractivity contribution in [3.8, 4) is 0 Å². The van der Waals surface area contributed by atoms with Gasteiger partial charge in [0, 0.05) is 17.5 Å². The Bertz CT molecular complexity index is 413. The van der Waals surface area contributed by atoms with Gasteiger partial charge in [0.15, 0.2) is 0 Å². The minimum absolute atomic E-state index is 0.0139. The smallest absolute Gasteiger partial charge is 0.0621 e. The molecule has 0 radical (unpaired) electrons. The van der Waals surface area contributed by atoms with Crippen molar-refractivity contribution >= 4 is 0 Å². The predicted molar refractivity (Wildman–Crippen MR) is 75.7 cm³/mol. The predicted octanol–water partition coefficient (Wildman–Crippen LogP) is 2.68. The van der Waals surface area contributed by atoms with Crippen molar-refractivity contribution in [2.45, 2.75) is 58.7 Å². The van der Waals surface area contributed by atoms with Crippen LogP contribution in [0.15, 0.2) is 24.3 Å². The largest absolute Gasteiger partial charge is 0.392 e. The van der Waals surface area contributed by atoms with E-state index in [1.54, 1.807) is 0 Å². The summed E-state index contributed by atoms with van der Waals surface area (Å²) >= 11 is 0. The molecule has 100 valence electrons. The number of aryl methyl sites for hydroxylation is 1. The van der Waals surface area contributed by atoms with Crippen LogP contribution in [-0.4, -0.2) is 23.3 Å². The molecule has 2 heteroatoms. The number of hydrogen-bond donors (Lipinski definition) is 2.